The highest BCUT2D eigenvalue weighted by molar-refractivity contribution is 7.92. The van der Waals surface area contributed by atoms with Crippen LogP contribution in [0.4, 0.5) is 10.1 Å². The van der Waals surface area contributed by atoms with E-state index in [1.165, 1.54) is 25.2 Å². The summed E-state index contributed by atoms with van der Waals surface area (Å²) in [7, 11) is -2.32. The molecule has 0 fully saturated rings. The smallest absolute Gasteiger partial charge is 0.347 e. The van der Waals surface area contributed by atoms with Crippen molar-refractivity contribution in [2.75, 3.05) is 17.1 Å². The predicted octanol–water partition coefficient (Wildman–Crippen LogP) is 0.384. The molecule has 4 aromatic rings. The Morgan fingerprint density at radius 2 is 1.78 bits per heavy atom. The quantitative estimate of drug-likeness (QED) is 0.313. The molecule has 14 nitrogen and oxygen atoms in total. The minimum Gasteiger partial charge on any atom is -0.347 e. The third kappa shape index (κ3) is 5.54. The van der Waals surface area contributed by atoms with Gasteiger partial charge in [0.1, 0.15) is 23.5 Å². The summed E-state index contributed by atoms with van der Waals surface area (Å²) >= 11 is 0. The Morgan fingerprint density at radius 1 is 1.05 bits per heavy atom. The summed E-state index contributed by atoms with van der Waals surface area (Å²) in [5, 5.41) is 12.9. The molecule has 2 aromatic carbocycles. The maximum atomic E-state index is 13.5. The molecule has 1 aliphatic heterocycles. The Bertz CT molecular complexity index is 1850. The average Bonchev–Trinajstić information content (AvgIpc) is 3.48. The third-order valence-electron chi connectivity index (χ3n) is 6.49. The summed E-state index contributed by atoms with van der Waals surface area (Å²) in [6.07, 6.45) is 2.10. The van der Waals surface area contributed by atoms with E-state index in [-0.39, 0.29) is 36.0 Å². The molecule has 5 rings (SSSR count). The monoisotopic (exact) mass is 581 g/mol. The van der Waals surface area contributed by atoms with Crippen molar-refractivity contribution in [3.63, 3.8) is 0 Å². The number of carbonyl (C=O) groups is 2. The van der Waals surface area contributed by atoms with Gasteiger partial charge in [-0.2, -0.15) is 9.36 Å². The number of hydrogen-bond donors (Lipinski definition) is 2. The number of nitrogens with one attached hydrogen (secondary N) is 2. The number of aryl methyl sites for hydroxylation is 2. The Morgan fingerprint density at radius 3 is 2.44 bits per heavy atom. The number of tetrazole rings is 1. The van der Waals surface area contributed by atoms with E-state index >= 15 is 0 Å². The molecule has 212 valence electrons. The first-order chi connectivity index (χ1) is 19.4. The van der Waals surface area contributed by atoms with Crippen LogP contribution < -0.4 is 20.6 Å². The second-order valence-electron chi connectivity index (χ2n) is 9.41. The van der Waals surface area contributed by atoms with Gasteiger partial charge >= 0.3 is 5.69 Å². The molecule has 0 saturated heterocycles. The number of rotatable bonds is 7. The fourth-order valence-electron chi connectivity index (χ4n) is 4.38. The molecule has 0 spiro atoms. The Hall–Kier alpha value is -4.99. The lowest BCUT2D eigenvalue weighted by atomic mass is 10.1. The molecule has 41 heavy (non-hydrogen) atoms. The lowest BCUT2D eigenvalue weighted by molar-refractivity contribution is 0.0934. The van der Waals surface area contributed by atoms with Gasteiger partial charge in [0, 0.05) is 25.2 Å². The first-order valence-corrected chi connectivity index (χ1v) is 14.0. The fourth-order valence-corrected chi connectivity index (χ4v) is 5.31. The van der Waals surface area contributed by atoms with Crippen molar-refractivity contribution in [1.29, 1.82) is 0 Å². The van der Waals surface area contributed by atoms with Crippen LogP contribution in [0.5, 0.6) is 0 Å². The zero-order valence-corrected chi connectivity index (χ0v) is 22.9. The van der Waals surface area contributed by atoms with E-state index in [1.54, 1.807) is 31.2 Å². The molecule has 3 heterocycles. The minimum absolute atomic E-state index is 0.0624. The molecular weight excluding hydrogens is 557 g/mol. The van der Waals surface area contributed by atoms with E-state index in [0.29, 0.717) is 22.4 Å². The summed E-state index contributed by atoms with van der Waals surface area (Å²) in [6, 6.07) is 9.58. The standard InChI is InChI=1S/C25H24FN9O5S/c1-14-8-15(4-7-18(14)26)11-27-23(36)19-10-20(29-13-28-19)24(37)30-21-12-34(41(3,39)40)22-9-16(5-6-17(21)22)35-25(38)33(2)31-32-35/h4-10,13,21H,11-12H2,1-3H3,(H,27,36)(H,30,37). The minimum atomic E-state index is -3.75. The molecule has 2 N–H and O–H groups in total. The average molecular weight is 582 g/mol. The van der Waals surface area contributed by atoms with Crippen LogP contribution in [-0.4, -0.2) is 62.8 Å². The highest BCUT2D eigenvalue weighted by Crippen LogP contribution is 2.37. The van der Waals surface area contributed by atoms with Gasteiger partial charge in [0.2, 0.25) is 10.0 Å². The summed E-state index contributed by atoms with van der Waals surface area (Å²) in [6.45, 7) is 1.63. The number of carbonyl (C=O) groups excluding carboxylic acids is 2. The summed E-state index contributed by atoms with van der Waals surface area (Å²) in [5.41, 5.74) is 1.50. The molecular formula is C25H24FN9O5S. The molecule has 16 heteroatoms. The normalized spacial score (nSPS) is 14.5. The van der Waals surface area contributed by atoms with Gasteiger partial charge in [-0.1, -0.05) is 18.2 Å². The van der Waals surface area contributed by atoms with Gasteiger partial charge in [-0.3, -0.25) is 13.9 Å². The Labute approximate surface area is 232 Å². The van der Waals surface area contributed by atoms with E-state index in [1.807, 2.05) is 0 Å². The van der Waals surface area contributed by atoms with Gasteiger partial charge in [-0.15, -0.1) is 0 Å². The first kappa shape index (κ1) is 27.6. The molecule has 1 unspecified atom stereocenters. The van der Waals surface area contributed by atoms with Crippen LogP contribution >= 0.6 is 0 Å². The molecule has 0 saturated carbocycles. The van der Waals surface area contributed by atoms with Crippen LogP contribution in [0, 0.1) is 12.7 Å². The van der Waals surface area contributed by atoms with Crippen molar-refractivity contribution in [2.24, 2.45) is 7.05 Å². The van der Waals surface area contributed by atoms with Crippen LogP contribution in [0.3, 0.4) is 0 Å². The molecule has 0 aliphatic carbocycles. The lowest BCUT2D eigenvalue weighted by Crippen LogP contribution is -2.35. The van der Waals surface area contributed by atoms with E-state index in [2.05, 4.69) is 31.0 Å². The van der Waals surface area contributed by atoms with Gasteiger partial charge in [0.15, 0.2) is 0 Å². The van der Waals surface area contributed by atoms with Crippen LogP contribution in [0.2, 0.25) is 0 Å². The molecule has 2 aromatic heterocycles. The van der Waals surface area contributed by atoms with E-state index < -0.39 is 33.6 Å². The van der Waals surface area contributed by atoms with Crippen molar-refractivity contribution in [3.05, 3.63) is 93.2 Å². The number of amides is 2. The van der Waals surface area contributed by atoms with E-state index in [4.69, 9.17) is 0 Å². The summed E-state index contributed by atoms with van der Waals surface area (Å²) in [4.78, 5) is 46.0. The zero-order chi connectivity index (χ0) is 29.5. The second-order valence-corrected chi connectivity index (χ2v) is 11.3. The fraction of sp³-hybridized carbons (Fsp3) is 0.240. The number of fused-ring (bicyclic) bond motifs is 1. The van der Waals surface area contributed by atoms with Crippen molar-refractivity contribution in [2.45, 2.75) is 19.5 Å². The topological polar surface area (TPSA) is 174 Å². The Balaban J connectivity index is 1.34. The van der Waals surface area contributed by atoms with Gasteiger partial charge in [-0.25, -0.2) is 27.6 Å². The summed E-state index contributed by atoms with van der Waals surface area (Å²) < 4.78 is 41.8. The zero-order valence-electron chi connectivity index (χ0n) is 22.1. The van der Waals surface area contributed by atoms with Crippen LogP contribution in [0.15, 0.2) is 53.6 Å². The largest absolute Gasteiger partial charge is 0.368 e. The molecule has 1 atom stereocenters. The van der Waals surface area contributed by atoms with Crippen molar-refractivity contribution < 1.29 is 22.4 Å². The highest BCUT2D eigenvalue weighted by Gasteiger charge is 2.35. The van der Waals surface area contributed by atoms with Crippen molar-refractivity contribution >= 4 is 27.5 Å². The number of sulfonamides is 1. The van der Waals surface area contributed by atoms with Gasteiger partial charge in [0.05, 0.1) is 30.2 Å². The third-order valence-corrected chi connectivity index (χ3v) is 7.63. The van der Waals surface area contributed by atoms with E-state index in [9.17, 15) is 27.2 Å². The number of halogens is 1. The molecule has 2 amide bonds. The number of hydrogen-bond acceptors (Lipinski definition) is 9. The molecule has 0 bridgehead atoms. The maximum absolute atomic E-state index is 13.5. The van der Waals surface area contributed by atoms with Gasteiger partial charge in [-0.05, 0) is 46.7 Å². The van der Waals surface area contributed by atoms with E-state index in [0.717, 1.165) is 26.3 Å². The lowest BCUT2D eigenvalue weighted by Gasteiger charge is -2.17. The van der Waals surface area contributed by atoms with Crippen molar-refractivity contribution in [3.8, 4) is 5.69 Å². The van der Waals surface area contributed by atoms with Crippen molar-refractivity contribution in [1.82, 2.24) is 40.4 Å². The molecule has 1 aliphatic rings. The highest BCUT2D eigenvalue weighted by atomic mass is 32.2. The predicted molar refractivity (Wildman–Crippen MR) is 143 cm³/mol. The van der Waals surface area contributed by atoms with Gasteiger partial charge in [0.25, 0.3) is 11.8 Å². The number of anilines is 1. The number of aromatic nitrogens is 6. The van der Waals surface area contributed by atoms with Crippen LogP contribution in [0.25, 0.3) is 5.69 Å². The van der Waals surface area contributed by atoms with Crippen LogP contribution in [0.1, 0.15) is 43.7 Å². The summed E-state index contributed by atoms with van der Waals surface area (Å²) in [5.74, 6) is -1.57. The SMILES string of the molecule is Cc1cc(CNC(=O)c2cc(C(=O)NC3CN(S(C)(=O)=O)c4cc(-n5nnn(C)c5=O)ccc43)ncn2)ccc1F. The maximum Gasteiger partial charge on any atom is 0.368 e. The van der Waals surface area contributed by atoms with Gasteiger partial charge < -0.3 is 10.6 Å². The first-order valence-electron chi connectivity index (χ1n) is 12.2. The number of nitrogens with zero attached hydrogens (tertiary/aromatic N) is 7. The Kier molecular flexibility index (Phi) is 7.08. The second kappa shape index (κ2) is 10.5. The van der Waals surface area contributed by atoms with Crippen LogP contribution in [-0.2, 0) is 23.6 Å². The molecule has 0 radical (unpaired) electrons. The number of benzene rings is 2.